The molecule has 5 rings (SSSR count). The lowest BCUT2D eigenvalue weighted by Crippen LogP contribution is -2.44. The number of piperidine rings is 1. The van der Waals surface area contributed by atoms with Crippen LogP contribution < -0.4 is 4.90 Å². The van der Waals surface area contributed by atoms with Gasteiger partial charge >= 0.3 is 0 Å². The molecule has 3 aliphatic heterocycles. The van der Waals surface area contributed by atoms with E-state index < -0.39 is 0 Å². The Bertz CT molecular complexity index is 519. The molecule has 2 bridgehead atoms. The van der Waals surface area contributed by atoms with Crippen LogP contribution in [0.3, 0.4) is 0 Å². The van der Waals surface area contributed by atoms with E-state index in [4.69, 9.17) is 4.74 Å². The van der Waals surface area contributed by atoms with Crippen LogP contribution >= 0.6 is 0 Å². The van der Waals surface area contributed by atoms with Crippen LogP contribution in [-0.2, 0) is 11.3 Å². The molecule has 0 radical (unpaired) electrons. The SMILES string of the molecule is COCc1cc(N2C[C@H]3CC[C@@H](C2)N(CC2CC2)C3)ncn1. The van der Waals surface area contributed by atoms with Crippen molar-refractivity contribution in [1.82, 2.24) is 14.9 Å². The number of nitrogens with zero attached hydrogens (tertiary/aromatic N) is 4. The fourth-order valence-corrected chi connectivity index (χ4v) is 4.01. The molecule has 1 aromatic heterocycles. The van der Waals surface area contributed by atoms with Gasteiger partial charge in [-0.25, -0.2) is 9.97 Å². The third kappa shape index (κ3) is 3.10. The van der Waals surface area contributed by atoms with E-state index in [9.17, 15) is 0 Å². The number of anilines is 1. The highest BCUT2D eigenvalue weighted by Gasteiger charge is 2.37. The zero-order valence-corrected chi connectivity index (χ0v) is 13.4. The van der Waals surface area contributed by atoms with Gasteiger partial charge in [-0.15, -0.1) is 0 Å². The minimum Gasteiger partial charge on any atom is -0.378 e. The van der Waals surface area contributed by atoms with Crippen molar-refractivity contribution in [3.8, 4) is 0 Å². The lowest BCUT2D eigenvalue weighted by Gasteiger charge is -2.36. The number of hydrogen-bond donors (Lipinski definition) is 0. The van der Waals surface area contributed by atoms with Crippen LogP contribution in [0.1, 0.15) is 31.4 Å². The van der Waals surface area contributed by atoms with Crippen molar-refractivity contribution in [1.29, 1.82) is 0 Å². The van der Waals surface area contributed by atoms with E-state index in [0.29, 0.717) is 12.6 Å². The van der Waals surface area contributed by atoms with Gasteiger partial charge in [-0.1, -0.05) is 0 Å². The molecule has 120 valence electrons. The standard InChI is InChI=1S/C17H26N4O/c1-22-11-15-6-17(19-12-18-15)21-9-14-4-5-16(10-21)20(8-14)7-13-2-3-13/h6,12-14,16H,2-5,7-11H2,1H3/t14-,16-/m0/s1. The monoisotopic (exact) mass is 302 g/mol. The van der Waals surface area contributed by atoms with Crippen molar-refractivity contribution >= 4 is 5.82 Å². The van der Waals surface area contributed by atoms with Crippen LogP contribution in [0.5, 0.6) is 0 Å². The molecule has 1 saturated carbocycles. The van der Waals surface area contributed by atoms with Gasteiger partial charge in [0.25, 0.3) is 0 Å². The Labute approximate surface area is 132 Å². The molecule has 2 atom stereocenters. The van der Waals surface area contributed by atoms with E-state index in [1.54, 1.807) is 13.4 Å². The minimum absolute atomic E-state index is 0.560. The summed E-state index contributed by atoms with van der Waals surface area (Å²) in [6.07, 6.45) is 7.30. The predicted octanol–water partition coefficient (Wildman–Crippen LogP) is 1.93. The summed E-state index contributed by atoms with van der Waals surface area (Å²) in [6, 6.07) is 2.81. The van der Waals surface area contributed by atoms with E-state index in [1.807, 2.05) is 0 Å². The molecule has 4 heterocycles. The smallest absolute Gasteiger partial charge is 0.132 e. The second kappa shape index (κ2) is 6.13. The van der Waals surface area contributed by atoms with Crippen LogP contribution in [0.2, 0.25) is 0 Å². The maximum atomic E-state index is 5.20. The van der Waals surface area contributed by atoms with Crippen LogP contribution in [0.15, 0.2) is 12.4 Å². The van der Waals surface area contributed by atoms with E-state index in [2.05, 4.69) is 25.8 Å². The highest BCUT2D eigenvalue weighted by Crippen LogP contribution is 2.35. The van der Waals surface area contributed by atoms with E-state index in [1.165, 1.54) is 38.8 Å². The summed E-state index contributed by atoms with van der Waals surface area (Å²) in [5, 5.41) is 0. The second-order valence-electron chi connectivity index (χ2n) is 7.20. The van der Waals surface area contributed by atoms with Crippen molar-refractivity contribution in [2.24, 2.45) is 11.8 Å². The molecule has 3 saturated heterocycles. The zero-order chi connectivity index (χ0) is 14.9. The number of hydrogen-bond acceptors (Lipinski definition) is 5. The topological polar surface area (TPSA) is 41.5 Å². The zero-order valence-electron chi connectivity index (χ0n) is 13.4. The summed E-state index contributed by atoms with van der Waals surface area (Å²) in [5.74, 6) is 2.85. The average molecular weight is 302 g/mol. The number of methoxy groups -OCH3 is 1. The van der Waals surface area contributed by atoms with Gasteiger partial charge in [0.05, 0.1) is 12.3 Å². The fourth-order valence-electron chi connectivity index (χ4n) is 4.01. The molecule has 4 aliphatic rings. The quantitative estimate of drug-likeness (QED) is 0.831. The van der Waals surface area contributed by atoms with Gasteiger partial charge in [0, 0.05) is 45.4 Å². The molecule has 5 heteroatoms. The summed E-state index contributed by atoms with van der Waals surface area (Å²) in [6.45, 7) is 5.43. The van der Waals surface area contributed by atoms with Crippen molar-refractivity contribution < 1.29 is 4.74 Å². The summed E-state index contributed by atoms with van der Waals surface area (Å²) in [7, 11) is 1.71. The third-order valence-corrected chi connectivity index (χ3v) is 5.34. The molecule has 22 heavy (non-hydrogen) atoms. The van der Waals surface area contributed by atoms with Crippen LogP contribution in [0, 0.1) is 11.8 Å². The summed E-state index contributed by atoms with van der Waals surface area (Å²) >= 11 is 0. The average Bonchev–Trinajstić information content (AvgIpc) is 3.35. The van der Waals surface area contributed by atoms with Crippen LogP contribution in [-0.4, -0.2) is 54.2 Å². The van der Waals surface area contributed by atoms with Crippen molar-refractivity contribution in [2.75, 3.05) is 38.2 Å². The highest BCUT2D eigenvalue weighted by atomic mass is 16.5. The van der Waals surface area contributed by atoms with Gasteiger partial charge in [0.2, 0.25) is 0 Å². The van der Waals surface area contributed by atoms with Gasteiger partial charge in [-0.3, -0.25) is 4.90 Å². The van der Waals surface area contributed by atoms with Crippen molar-refractivity contribution in [3.63, 3.8) is 0 Å². The normalized spacial score (nSPS) is 28.9. The molecule has 4 fully saturated rings. The third-order valence-electron chi connectivity index (χ3n) is 5.34. The molecule has 0 spiro atoms. The van der Waals surface area contributed by atoms with Gasteiger partial charge in [0.1, 0.15) is 12.1 Å². The first-order valence-corrected chi connectivity index (χ1v) is 8.60. The highest BCUT2D eigenvalue weighted by molar-refractivity contribution is 5.40. The molecular formula is C17H26N4O. The van der Waals surface area contributed by atoms with E-state index in [-0.39, 0.29) is 0 Å². The Balaban J connectivity index is 1.50. The lowest BCUT2D eigenvalue weighted by molar-refractivity contribution is 0.128. The Morgan fingerprint density at radius 2 is 2.05 bits per heavy atom. The van der Waals surface area contributed by atoms with Crippen molar-refractivity contribution in [2.45, 2.75) is 38.3 Å². The van der Waals surface area contributed by atoms with Gasteiger partial charge < -0.3 is 9.64 Å². The Hall–Kier alpha value is -1.20. The number of rotatable bonds is 5. The van der Waals surface area contributed by atoms with Gasteiger partial charge in [-0.05, 0) is 37.5 Å². The van der Waals surface area contributed by atoms with E-state index >= 15 is 0 Å². The van der Waals surface area contributed by atoms with Crippen molar-refractivity contribution in [3.05, 3.63) is 18.1 Å². The second-order valence-corrected chi connectivity index (χ2v) is 7.20. The Morgan fingerprint density at radius 3 is 2.86 bits per heavy atom. The number of aromatic nitrogens is 2. The Kier molecular flexibility index (Phi) is 4.01. The first kappa shape index (κ1) is 14.4. The van der Waals surface area contributed by atoms with Crippen LogP contribution in [0.4, 0.5) is 5.82 Å². The first-order valence-electron chi connectivity index (χ1n) is 8.60. The minimum atomic E-state index is 0.560. The Morgan fingerprint density at radius 1 is 1.14 bits per heavy atom. The summed E-state index contributed by atoms with van der Waals surface area (Å²) in [5.41, 5.74) is 0.971. The fraction of sp³-hybridized carbons (Fsp3) is 0.765. The van der Waals surface area contributed by atoms with Gasteiger partial charge in [0.15, 0.2) is 0 Å². The summed E-state index contributed by atoms with van der Waals surface area (Å²) < 4.78 is 5.20. The summed E-state index contributed by atoms with van der Waals surface area (Å²) in [4.78, 5) is 14.1. The molecule has 5 nitrogen and oxygen atoms in total. The molecule has 0 aromatic carbocycles. The van der Waals surface area contributed by atoms with Crippen LogP contribution in [0.25, 0.3) is 0 Å². The maximum Gasteiger partial charge on any atom is 0.132 e. The largest absolute Gasteiger partial charge is 0.378 e. The van der Waals surface area contributed by atoms with E-state index in [0.717, 1.165) is 36.4 Å². The maximum absolute atomic E-state index is 5.20. The van der Waals surface area contributed by atoms with Gasteiger partial charge in [-0.2, -0.15) is 0 Å². The predicted molar refractivity (Wildman–Crippen MR) is 85.8 cm³/mol. The number of fused-ring (bicyclic) bond motifs is 4. The number of ether oxygens (including phenoxy) is 1. The first-order chi connectivity index (χ1) is 10.8. The molecule has 1 aromatic rings. The molecule has 1 aliphatic carbocycles. The molecule has 0 unspecified atom stereocenters. The molecule has 0 amide bonds. The lowest BCUT2D eigenvalue weighted by atomic mass is 9.95. The molecular weight excluding hydrogens is 276 g/mol. The molecule has 0 N–H and O–H groups in total.